The van der Waals surface area contributed by atoms with Gasteiger partial charge in [-0.1, -0.05) is 29.8 Å². The number of aryl methyl sites for hydroxylation is 3. The van der Waals surface area contributed by atoms with Crippen LogP contribution in [0.4, 0.5) is 0 Å². The van der Waals surface area contributed by atoms with Crippen molar-refractivity contribution in [3.63, 3.8) is 0 Å². The first-order chi connectivity index (χ1) is 13.1. The van der Waals surface area contributed by atoms with Crippen LogP contribution >= 0.6 is 0 Å². The van der Waals surface area contributed by atoms with Crippen LogP contribution in [0.15, 0.2) is 55.1 Å². The highest BCUT2D eigenvalue weighted by molar-refractivity contribution is 5.70. The average molecular weight is 354 g/mol. The maximum Gasteiger partial charge on any atom is 0.160 e. The van der Waals surface area contributed by atoms with Crippen molar-refractivity contribution >= 4 is 0 Å². The summed E-state index contributed by atoms with van der Waals surface area (Å²) >= 11 is 0. The van der Waals surface area contributed by atoms with Crippen LogP contribution in [-0.4, -0.2) is 29.9 Å². The van der Waals surface area contributed by atoms with Crippen molar-refractivity contribution in [2.75, 3.05) is 0 Å². The largest absolute Gasteiger partial charge is 0.241 e. The number of benzene rings is 1. The van der Waals surface area contributed by atoms with Gasteiger partial charge in [0.05, 0.1) is 11.4 Å². The Morgan fingerprint density at radius 3 is 1.44 bits per heavy atom. The molecule has 0 unspecified atom stereocenters. The Bertz CT molecular complexity index is 917. The van der Waals surface area contributed by atoms with Crippen LogP contribution in [0.3, 0.4) is 0 Å². The zero-order valence-electron chi connectivity index (χ0n) is 15.4. The Morgan fingerprint density at radius 1 is 0.556 bits per heavy atom. The second kappa shape index (κ2) is 6.99. The SMILES string of the molecule is Cc1ccc(-c2nc(-c3cnc(C)nc3)cc(-c3cnc(C)nc3)n2)cc1. The second-order valence-electron chi connectivity index (χ2n) is 6.37. The van der Waals surface area contributed by atoms with Gasteiger partial charge < -0.3 is 0 Å². The molecule has 0 saturated carbocycles. The van der Waals surface area contributed by atoms with E-state index in [4.69, 9.17) is 9.97 Å². The molecule has 0 spiro atoms. The van der Waals surface area contributed by atoms with Crippen molar-refractivity contribution in [3.8, 4) is 33.9 Å². The molecule has 27 heavy (non-hydrogen) atoms. The molecule has 0 aliphatic carbocycles. The summed E-state index contributed by atoms with van der Waals surface area (Å²) in [5.74, 6) is 2.08. The number of hydrogen-bond donors (Lipinski definition) is 0. The van der Waals surface area contributed by atoms with E-state index in [1.165, 1.54) is 5.56 Å². The average Bonchev–Trinajstić information content (AvgIpc) is 2.69. The van der Waals surface area contributed by atoms with E-state index in [1.54, 1.807) is 24.8 Å². The zero-order valence-corrected chi connectivity index (χ0v) is 15.4. The molecule has 0 aliphatic rings. The minimum Gasteiger partial charge on any atom is -0.241 e. The quantitative estimate of drug-likeness (QED) is 0.554. The molecule has 1 aromatic carbocycles. The maximum atomic E-state index is 4.74. The van der Waals surface area contributed by atoms with E-state index in [0.29, 0.717) is 5.82 Å². The normalized spacial score (nSPS) is 10.8. The summed E-state index contributed by atoms with van der Waals surface area (Å²) in [5, 5.41) is 0. The van der Waals surface area contributed by atoms with Crippen LogP contribution in [0.5, 0.6) is 0 Å². The number of rotatable bonds is 3. The Kier molecular flexibility index (Phi) is 4.38. The third kappa shape index (κ3) is 3.69. The Labute approximate surface area is 157 Å². The first-order valence-corrected chi connectivity index (χ1v) is 8.63. The summed E-state index contributed by atoms with van der Waals surface area (Å²) in [4.78, 5) is 26.6. The van der Waals surface area contributed by atoms with E-state index in [2.05, 4.69) is 39.0 Å². The number of aromatic nitrogens is 6. The Hall–Kier alpha value is -3.54. The summed E-state index contributed by atoms with van der Waals surface area (Å²) in [6.07, 6.45) is 7.11. The summed E-state index contributed by atoms with van der Waals surface area (Å²) < 4.78 is 0. The van der Waals surface area contributed by atoms with Gasteiger partial charge in [0.2, 0.25) is 0 Å². The number of nitrogens with zero attached hydrogens (tertiary/aromatic N) is 6. The zero-order chi connectivity index (χ0) is 18.8. The second-order valence-corrected chi connectivity index (χ2v) is 6.37. The molecule has 3 aromatic heterocycles. The first kappa shape index (κ1) is 16.9. The Balaban J connectivity index is 1.89. The highest BCUT2D eigenvalue weighted by Gasteiger charge is 2.11. The summed E-state index contributed by atoms with van der Waals surface area (Å²) in [6, 6.07) is 10.1. The smallest absolute Gasteiger partial charge is 0.160 e. The van der Waals surface area contributed by atoms with E-state index in [9.17, 15) is 0 Å². The molecular weight excluding hydrogens is 336 g/mol. The van der Waals surface area contributed by atoms with E-state index < -0.39 is 0 Å². The first-order valence-electron chi connectivity index (χ1n) is 8.63. The predicted molar refractivity (Wildman–Crippen MR) is 104 cm³/mol. The van der Waals surface area contributed by atoms with Crippen LogP contribution in [-0.2, 0) is 0 Å². The predicted octanol–water partition coefficient (Wildman–Crippen LogP) is 3.98. The highest BCUT2D eigenvalue weighted by atomic mass is 14.9. The van der Waals surface area contributed by atoms with Crippen molar-refractivity contribution in [1.82, 2.24) is 29.9 Å². The van der Waals surface area contributed by atoms with Gasteiger partial charge in [0, 0.05) is 41.5 Å². The van der Waals surface area contributed by atoms with E-state index in [0.717, 1.165) is 39.7 Å². The van der Waals surface area contributed by atoms with E-state index >= 15 is 0 Å². The molecule has 0 bridgehead atoms. The van der Waals surface area contributed by atoms with Crippen LogP contribution in [0.2, 0.25) is 0 Å². The molecule has 0 amide bonds. The molecule has 0 atom stereocenters. The molecule has 3 heterocycles. The molecule has 6 nitrogen and oxygen atoms in total. The van der Waals surface area contributed by atoms with Gasteiger partial charge in [-0.2, -0.15) is 0 Å². The van der Waals surface area contributed by atoms with Crippen molar-refractivity contribution < 1.29 is 0 Å². The molecule has 0 radical (unpaired) electrons. The molecule has 4 aromatic rings. The molecule has 0 N–H and O–H groups in total. The third-order valence-electron chi connectivity index (χ3n) is 4.19. The summed E-state index contributed by atoms with van der Waals surface area (Å²) in [5.41, 5.74) is 5.34. The van der Waals surface area contributed by atoms with E-state index in [-0.39, 0.29) is 0 Å². The van der Waals surface area contributed by atoms with Gasteiger partial charge in [-0.25, -0.2) is 29.9 Å². The van der Waals surface area contributed by atoms with Gasteiger partial charge in [-0.3, -0.25) is 0 Å². The van der Waals surface area contributed by atoms with Gasteiger partial charge in [-0.15, -0.1) is 0 Å². The van der Waals surface area contributed by atoms with Gasteiger partial charge in [0.25, 0.3) is 0 Å². The molecule has 0 fully saturated rings. The van der Waals surface area contributed by atoms with Gasteiger partial charge in [0.1, 0.15) is 11.6 Å². The van der Waals surface area contributed by atoms with Crippen LogP contribution < -0.4 is 0 Å². The topological polar surface area (TPSA) is 77.3 Å². The summed E-state index contributed by atoms with van der Waals surface area (Å²) in [7, 11) is 0. The van der Waals surface area contributed by atoms with Crippen molar-refractivity contribution in [2.45, 2.75) is 20.8 Å². The molecule has 0 aliphatic heterocycles. The minimum atomic E-state index is 0.642. The Morgan fingerprint density at radius 2 is 1.00 bits per heavy atom. The monoisotopic (exact) mass is 354 g/mol. The fourth-order valence-electron chi connectivity index (χ4n) is 2.62. The lowest BCUT2D eigenvalue weighted by molar-refractivity contribution is 1.04. The molecule has 0 saturated heterocycles. The van der Waals surface area contributed by atoms with Crippen molar-refractivity contribution in [1.29, 1.82) is 0 Å². The van der Waals surface area contributed by atoms with Gasteiger partial charge in [0.15, 0.2) is 5.82 Å². The fraction of sp³-hybridized carbons (Fsp3) is 0.143. The van der Waals surface area contributed by atoms with Crippen LogP contribution in [0.25, 0.3) is 33.9 Å². The standard InChI is InChI=1S/C21H18N6/c1-13-4-6-16(7-5-13)21-26-19(17-9-22-14(2)23-10-17)8-20(27-21)18-11-24-15(3)25-12-18/h4-12H,1-3H3. The third-order valence-corrected chi connectivity index (χ3v) is 4.19. The molecule has 6 heteroatoms. The van der Waals surface area contributed by atoms with Crippen molar-refractivity contribution in [2.24, 2.45) is 0 Å². The van der Waals surface area contributed by atoms with Crippen LogP contribution in [0, 0.1) is 20.8 Å². The van der Waals surface area contributed by atoms with Gasteiger partial charge >= 0.3 is 0 Å². The van der Waals surface area contributed by atoms with Crippen LogP contribution in [0.1, 0.15) is 17.2 Å². The lowest BCUT2D eigenvalue weighted by atomic mass is 10.1. The highest BCUT2D eigenvalue weighted by Crippen LogP contribution is 2.26. The lowest BCUT2D eigenvalue weighted by Crippen LogP contribution is -1.98. The molecular formula is C21H18N6. The molecule has 132 valence electrons. The molecule has 4 rings (SSSR count). The summed E-state index contributed by atoms with van der Waals surface area (Å²) in [6.45, 7) is 5.77. The minimum absolute atomic E-state index is 0.642. The van der Waals surface area contributed by atoms with Crippen molar-refractivity contribution in [3.05, 3.63) is 72.3 Å². The lowest BCUT2D eigenvalue weighted by Gasteiger charge is -2.09. The maximum absolute atomic E-state index is 4.74. The van der Waals surface area contributed by atoms with E-state index in [1.807, 2.05) is 32.0 Å². The number of hydrogen-bond acceptors (Lipinski definition) is 6. The van der Waals surface area contributed by atoms with Gasteiger partial charge in [-0.05, 0) is 26.8 Å². The fourth-order valence-corrected chi connectivity index (χ4v) is 2.62.